The van der Waals surface area contributed by atoms with Crippen LogP contribution in [-0.4, -0.2) is 7.11 Å². The molecule has 0 radical (unpaired) electrons. The fourth-order valence-electron chi connectivity index (χ4n) is 3.11. The van der Waals surface area contributed by atoms with E-state index in [2.05, 4.69) is 0 Å². The number of hydrogen-bond donors (Lipinski definition) is 0. The highest BCUT2D eigenvalue weighted by Crippen LogP contribution is 2.38. The second-order valence-corrected chi connectivity index (χ2v) is 5.61. The number of rotatable bonds is 1. The first-order valence-electron chi connectivity index (χ1n) is 7.44. The van der Waals surface area contributed by atoms with Crippen molar-refractivity contribution in [3.8, 4) is 5.75 Å². The maximum Gasteiger partial charge on any atom is 0.417 e. The van der Waals surface area contributed by atoms with Crippen LogP contribution in [0, 0.1) is 0 Å². The first-order valence-corrected chi connectivity index (χ1v) is 7.44. The average Bonchev–Trinajstić information content (AvgIpc) is 2.59. The Hall–Kier alpha value is -3.02. The predicted molar refractivity (Wildman–Crippen MR) is 89.1 cm³/mol. The van der Waals surface area contributed by atoms with Crippen molar-refractivity contribution in [2.24, 2.45) is 0 Å². The summed E-state index contributed by atoms with van der Waals surface area (Å²) in [6.07, 6.45) is -4.58. The number of hydrogen-bond acceptors (Lipinski definition) is 3. The SMILES string of the molecule is COc1cccc2c(=O)c3c(ccc4cccc(C(F)(F)F)c43)oc12. The number of halogens is 3. The van der Waals surface area contributed by atoms with Crippen molar-refractivity contribution in [2.75, 3.05) is 7.11 Å². The van der Waals surface area contributed by atoms with Crippen LogP contribution in [0.15, 0.2) is 57.7 Å². The van der Waals surface area contributed by atoms with Gasteiger partial charge in [0.1, 0.15) is 5.58 Å². The molecule has 0 aliphatic heterocycles. The summed E-state index contributed by atoms with van der Waals surface area (Å²) in [5.41, 5.74) is -1.07. The molecule has 0 bridgehead atoms. The number of benzene rings is 3. The van der Waals surface area contributed by atoms with Crippen molar-refractivity contribution in [1.82, 2.24) is 0 Å². The van der Waals surface area contributed by atoms with Crippen molar-refractivity contribution in [3.05, 3.63) is 64.3 Å². The van der Waals surface area contributed by atoms with Gasteiger partial charge in [-0.15, -0.1) is 0 Å². The smallest absolute Gasteiger partial charge is 0.417 e. The Morgan fingerprint density at radius 1 is 0.960 bits per heavy atom. The van der Waals surface area contributed by atoms with Crippen LogP contribution in [0.1, 0.15) is 5.56 Å². The van der Waals surface area contributed by atoms with Gasteiger partial charge in [0.2, 0.25) is 5.43 Å². The number of ether oxygens (including phenoxy) is 1. The molecule has 25 heavy (non-hydrogen) atoms. The van der Waals surface area contributed by atoms with Crippen molar-refractivity contribution in [3.63, 3.8) is 0 Å². The molecule has 0 aliphatic carbocycles. The van der Waals surface area contributed by atoms with Crippen molar-refractivity contribution in [2.45, 2.75) is 6.18 Å². The minimum atomic E-state index is -4.58. The van der Waals surface area contributed by atoms with Gasteiger partial charge in [0, 0.05) is 5.39 Å². The number of para-hydroxylation sites is 1. The number of alkyl halides is 3. The maximum absolute atomic E-state index is 13.5. The van der Waals surface area contributed by atoms with Crippen molar-refractivity contribution >= 4 is 32.7 Å². The second kappa shape index (κ2) is 5.24. The lowest BCUT2D eigenvalue weighted by atomic mass is 9.98. The Bertz CT molecular complexity index is 1190. The highest BCUT2D eigenvalue weighted by Gasteiger charge is 2.33. The molecule has 4 aromatic rings. The van der Waals surface area contributed by atoms with E-state index in [0.29, 0.717) is 11.1 Å². The molecule has 4 rings (SSSR count). The molecule has 0 N–H and O–H groups in total. The standard InChI is InChI=1S/C19H11F3O3/c1-24-14-7-3-5-11-17(23)16-13(25-18(11)14)9-8-10-4-2-6-12(15(10)16)19(20,21)22/h2-9H,1H3. The summed E-state index contributed by atoms with van der Waals surface area (Å²) in [5, 5.41) is 0.283. The lowest BCUT2D eigenvalue weighted by molar-refractivity contribution is -0.136. The van der Waals surface area contributed by atoms with Gasteiger partial charge in [0.05, 0.1) is 23.4 Å². The first kappa shape index (κ1) is 15.5. The summed E-state index contributed by atoms with van der Waals surface area (Å²) in [5.74, 6) is 0.348. The number of methoxy groups -OCH3 is 1. The van der Waals surface area contributed by atoms with Crippen LogP contribution in [0.4, 0.5) is 13.2 Å². The Labute approximate surface area is 139 Å². The maximum atomic E-state index is 13.5. The fraction of sp³-hybridized carbons (Fsp3) is 0.105. The molecule has 0 saturated carbocycles. The van der Waals surface area contributed by atoms with Gasteiger partial charge >= 0.3 is 6.18 Å². The predicted octanol–water partition coefficient (Wildman–Crippen LogP) is 5.13. The van der Waals surface area contributed by atoms with Gasteiger partial charge in [-0.1, -0.05) is 24.3 Å². The molecule has 0 spiro atoms. The third kappa shape index (κ3) is 2.25. The molecular weight excluding hydrogens is 333 g/mol. The molecule has 0 amide bonds. The lowest BCUT2D eigenvalue weighted by Crippen LogP contribution is -2.09. The van der Waals surface area contributed by atoms with Gasteiger partial charge in [-0.25, -0.2) is 0 Å². The zero-order valence-electron chi connectivity index (χ0n) is 13.0. The lowest BCUT2D eigenvalue weighted by Gasteiger charge is -2.13. The van der Waals surface area contributed by atoms with Gasteiger partial charge in [-0.3, -0.25) is 4.79 Å². The molecule has 1 aromatic heterocycles. The van der Waals surface area contributed by atoms with Gasteiger partial charge in [-0.2, -0.15) is 13.2 Å². The van der Waals surface area contributed by atoms with E-state index in [0.717, 1.165) is 6.07 Å². The first-order chi connectivity index (χ1) is 11.9. The zero-order valence-corrected chi connectivity index (χ0v) is 13.0. The number of fused-ring (bicyclic) bond motifs is 4. The third-order valence-corrected chi connectivity index (χ3v) is 4.20. The van der Waals surface area contributed by atoms with E-state index >= 15 is 0 Å². The van der Waals surface area contributed by atoms with E-state index in [1.165, 1.54) is 31.4 Å². The molecule has 6 heteroatoms. The van der Waals surface area contributed by atoms with Gasteiger partial charge in [0.25, 0.3) is 0 Å². The Morgan fingerprint density at radius 3 is 2.44 bits per heavy atom. The molecule has 0 fully saturated rings. The third-order valence-electron chi connectivity index (χ3n) is 4.20. The quantitative estimate of drug-likeness (QED) is 0.355. The highest BCUT2D eigenvalue weighted by atomic mass is 19.4. The molecule has 3 aromatic carbocycles. The molecule has 0 aliphatic rings. The Kier molecular flexibility index (Phi) is 3.25. The topological polar surface area (TPSA) is 39.4 Å². The molecule has 0 unspecified atom stereocenters. The summed E-state index contributed by atoms with van der Waals surface area (Å²) < 4.78 is 51.3. The average molecular weight is 344 g/mol. The van der Waals surface area contributed by atoms with E-state index in [1.807, 2.05) is 0 Å². The van der Waals surface area contributed by atoms with Crippen molar-refractivity contribution in [1.29, 1.82) is 0 Å². The Morgan fingerprint density at radius 2 is 1.72 bits per heavy atom. The van der Waals surface area contributed by atoms with E-state index in [1.54, 1.807) is 18.2 Å². The molecule has 126 valence electrons. The summed E-state index contributed by atoms with van der Waals surface area (Å²) in [4.78, 5) is 13.0. The van der Waals surface area contributed by atoms with Crippen LogP contribution in [0.2, 0.25) is 0 Å². The van der Waals surface area contributed by atoms with Crippen LogP contribution in [0.5, 0.6) is 5.75 Å². The normalized spacial score (nSPS) is 12.2. The summed E-state index contributed by atoms with van der Waals surface area (Å²) in [6.45, 7) is 0. The molecule has 0 saturated heterocycles. The van der Waals surface area contributed by atoms with Crippen LogP contribution in [-0.2, 0) is 6.18 Å². The summed E-state index contributed by atoms with van der Waals surface area (Å²) in [6, 6.07) is 11.6. The van der Waals surface area contributed by atoms with Gasteiger partial charge in [0.15, 0.2) is 11.3 Å². The highest BCUT2D eigenvalue weighted by molar-refractivity contribution is 6.10. The van der Waals surface area contributed by atoms with E-state index in [-0.39, 0.29) is 27.3 Å². The molecule has 0 atom stereocenters. The monoisotopic (exact) mass is 344 g/mol. The van der Waals surface area contributed by atoms with Crippen LogP contribution >= 0.6 is 0 Å². The Balaban J connectivity index is 2.30. The van der Waals surface area contributed by atoms with Gasteiger partial charge in [-0.05, 0) is 29.7 Å². The van der Waals surface area contributed by atoms with E-state index in [4.69, 9.17) is 9.15 Å². The van der Waals surface area contributed by atoms with Crippen LogP contribution in [0.25, 0.3) is 32.7 Å². The molecular formula is C19H11F3O3. The fourth-order valence-corrected chi connectivity index (χ4v) is 3.11. The van der Waals surface area contributed by atoms with E-state index < -0.39 is 17.2 Å². The van der Waals surface area contributed by atoms with Crippen molar-refractivity contribution < 1.29 is 22.3 Å². The van der Waals surface area contributed by atoms with E-state index in [9.17, 15) is 18.0 Å². The molecule has 3 nitrogen and oxygen atoms in total. The second-order valence-electron chi connectivity index (χ2n) is 5.61. The zero-order chi connectivity index (χ0) is 17.8. The van der Waals surface area contributed by atoms with Crippen LogP contribution in [0.3, 0.4) is 0 Å². The largest absolute Gasteiger partial charge is 0.493 e. The summed E-state index contributed by atoms with van der Waals surface area (Å²) in [7, 11) is 1.43. The molecule has 1 heterocycles. The summed E-state index contributed by atoms with van der Waals surface area (Å²) >= 11 is 0. The van der Waals surface area contributed by atoms with Crippen LogP contribution < -0.4 is 10.2 Å². The van der Waals surface area contributed by atoms with Gasteiger partial charge < -0.3 is 9.15 Å². The minimum absolute atomic E-state index is 0.0776. The minimum Gasteiger partial charge on any atom is -0.493 e.